The minimum absolute atomic E-state index is 0.200. The monoisotopic (exact) mass is 297 g/mol. The number of rotatable bonds is 9. The standard InChI is InChI=1S/C16H27NO2S/c1-5-10-19-15-8-6-14(7-9-15)12(2)17-13(3)16(11-18)20-4/h6-9,12-13,16-18H,5,10-11H2,1-4H3. The first kappa shape index (κ1) is 17.3. The molecule has 0 radical (unpaired) electrons. The van der Waals surface area contributed by atoms with E-state index in [-0.39, 0.29) is 23.9 Å². The van der Waals surface area contributed by atoms with Crippen LogP contribution in [0.1, 0.15) is 38.8 Å². The van der Waals surface area contributed by atoms with Crippen molar-refractivity contribution in [2.45, 2.75) is 44.5 Å². The first-order valence-electron chi connectivity index (χ1n) is 7.24. The molecule has 4 heteroatoms. The van der Waals surface area contributed by atoms with E-state index in [9.17, 15) is 5.11 Å². The maximum absolute atomic E-state index is 9.32. The van der Waals surface area contributed by atoms with Crippen molar-refractivity contribution < 1.29 is 9.84 Å². The van der Waals surface area contributed by atoms with Crippen LogP contribution in [0.3, 0.4) is 0 Å². The molecule has 0 fully saturated rings. The maximum Gasteiger partial charge on any atom is 0.119 e. The summed E-state index contributed by atoms with van der Waals surface area (Å²) in [7, 11) is 0. The molecule has 0 spiro atoms. The Morgan fingerprint density at radius 3 is 2.40 bits per heavy atom. The van der Waals surface area contributed by atoms with Gasteiger partial charge in [0.25, 0.3) is 0 Å². The zero-order valence-corrected chi connectivity index (χ0v) is 13.7. The smallest absolute Gasteiger partial charge is 0.119 e. The fourth-order valence-electron chi connectivity index (χ4n) is 2.11. The highest BCUT2D eigenvalue weighted by molar-refractivity contribution is 7.99. The first-order chi connectivity index (χ1) is 9.62. The van der Waals surface area contributed by atoms with Crippen LogP contribution in [0.4, 0.5) is 0 Å². The lowest BCUT2D eigenvalue weighted by atomic mass is 10.1. The fraction of sp³-hybridized carbons (Fsp3) is 0.625. The second kappa shape index (κ2) is 9.27. The molecule has 3 unspecified atom stereocenters. The molecule has 0 heterocycles. The Labute approximate surface area is 127 Å². The molecule has 20 heavy (non-hydrogen) atoms. The van der Waals surface area contributed by atoms with Crippen LogP contribution in [-0.2, 0) is 0 Å². The number of thioether (sulfide) groups is 1. The van der Waals surface area contributed by atoms with Crippen LogP contribution in [0.5, 0.6) is 5.75 Å². The summed E-state index contributed by atoms with van der Waals surface area (Å²) in [5, 5.41) is 13.1. The normalized spacial score (nSPS) is 15.7. The summed E-state index contributed by atoms with van der Waals surface area (Å²) >= 11 is 1.69. The van der Waals surface area contributed by atoms with Crippen molar-refractivity contribution in [2.24, 2.45) is 0 Å². The Hall–Kier alpha value is -0.710. The minimum Gasteiger partial charge on any atom is -0.494 e. The minimum atomic E-state index is 0.200. The van der Waals surface area contributed by atoms with Crippen LogP contribution in [0, 0.1) is 0 Å². The van der Waals surface area contributed by atoms with Gasteiger partial charge in [0, 0.05) is 17.3 Å². The van der Waals surface area contributed by atoms with Gasteiger partial charge in [-0.25, -0.2) is 0 Å². The number of benzene rings is 1. The van der Waals surface area contributed by atoms with Gasteiger partial charge in [0.05, 0.1) is 13.2 Å². The van der Waals surface area contributed by atoms with E-state index in [0.717, 1.165) is 18.8 Å². The van der Waals surface area contributed by atoms with Gasteiger partial charge >= 0.3 is 0 Å². The molecular formula is C16H27NO2S. The highest BCUT2D eigenvalue weighted by Gasteiger charge is 2.17. The van der Waals surface area contributed by atoms with Gasteiger partial charge in [-0.15, -0.1) is 0 Å². The first-order valence-corrected chi connectivity index (χ1v) is 8.53. The number of nitrogens with one attached hydrogen (secondary N) is 1. The number of ether oxygens (including phenoxy) is 1. The Kier molecular flexibility index (Phi) is 8.04. The molecule has 0 aromatic heterocycles. The van der Waals surface area contributed by atoms with Crippen LogP contribution in [0.2, 0.25) is 0 Å². The van der Waals surface area contributed by atoms with Gasteiger partial charge in [0.15, 0.2) is 0 Å². The van der Waals surface area contributed by atoms with E-state index >= 15 is 0 Å². The lowest BCUT2D eigenvalue weighted by molar-refractivity contribution is 0.272. The lowest BCUT2D eigenvalue weighted by Gasteiger charge is -2.25. The van der Waals surface area contributed by atoms with Crippen molar-refractivity contribution in [1.82, 2.24) is 5.32 Å². The molecule has 0 bridgehead atoms. The zero-order chi connectivity index (χ0) is 15.0. The number of aliphatic hydroxyl groups excluding tert-OH is 1. The highest BCUT2D eigenvalue weighted by Crippen LogP contribution is 2.20. The van der Waals surface area contributed by atoms with Crippen molar-refractivity contribution in [3.05, 3.63) is 29.8 Å². The molecule has 1 rings (SSSR count). The summed E-state index contributed by atoms with van der Waals surface area (Å²) in [6.07, 6.45) is 3.05. The van der Waals surface area contributed by atoms with Crippen LogP contribution >= 0.6 is 11.8 Å². The van der Waals surface area contributed by atoms with Crippen LogP contribution in [-0.4, -0.2) is 35.9 Å². The molecule has 3 atom stereocenters. The quantitative estimate of drug-likeness (QED) is 0.734. The van der Waals surface area contributed by atoms with Gasteiger partial charge in [-0.3, -0.25) is 0 Å². The van der Waals surface area contributed by atoms with E-state index in [0.29, 0.717) is 0 Å². The molecule has 0 saturated heterocycles. The van der Waals surface area contributed by atoms with Gasteiger partial charge < -0.3 is 15.2 Å². The summed E-state index contributed by atoms with van der Waals surface area (Å²) in [5.41, 5.74) is 1.23. The molecule has 0 amide bonds. The summed E-state index contributed by atoms with van der Waals surface area (Å²) in [5.74, 6) is 0.924. The van der Waals surface area contributed by atoms with Gasteiger partial charge in [0.2, 0.25) is 0 Å². The van der Waals surface area contributed by atoms with Crippen molar-refractivity contribution in [3.8, 4) is 5.75 Å². The Balaban J connectivity index is 2.56. The number of aliphatic hydroxyl groups is 1. The van der Waals surface area contributed by atoms with Gasteiger partial charge in [-0.05, 0) is 44.2 Å². The van der Waals surface area contributed by atoms with E-state index in [4.69, 9.17) is 4.74 Å². The topological polar surface area (TPSA) is 41.5 Å². The Bertz CT molecular complexity index is 365. The van der Waals surface area contributed by atoms with Crippen molar-refractivity contribution in [3.63, 3.8) is 0 Å². The van der Waals surface area contributed by atoms with Gasteiger partial charge in [-0.1, -0.05) is 19.1 Å². The Morgan fingerprint density at radius 1 is 1.25 bits per heavy atom. The number of hydrogen-bond donors (Lipinski definition) is 2. The van der Waals surface area contributed by atoms with Crippen molar-refractivity contribution in [2.75, 3.05) is 19.5 Å². The molecule has 114 valence electrons. The SMILES string of the molecule is CCCOc1ccc(C(C)NC(C)C(CO)SC)cc1. The molecule has 0 saturated carbocycles. The molecule has 1 aromatic carbocycles. The van der Waals surface area contributed by atoms with Gasteiger partial charge in [-0.2, -0.15) is 11.8 Å². The van der Waals surface area contributed by atoms with Crippen LogP contribution < -0.4 is 10.1 Å². The third-order valence-corrected chi connectivity index (χ3v) is 4.57. The fourth-order valence-corrected chi connectivity index (χ4v) is 2.74. The average molecular weight is 297 g/mol. The van der Waals surface area contributed by atoms with E-state index in [1.807, 2.05) is 18.4 Å². The lowest BCUT2D eigenvalue weighted by Crippen LogP contribution is -2.38. The predicted molar refractivity (Wildman–Crippen MR) is 87.6 cm³/mol. The summed E-state index contributed by atoms with van der Waals surface area (Å²) in [6, 6.07) is 8.76. The van der Waals surface area contributed by atoms with Crippen molar-refractivity contribution >= 4 is 11.8 Å². The van der Waals surface area contributed by atoms with Crippen LogP contribution in [0.25, 0.3) is 0 Å². The van der Waals surface area contributed by atoms with E-state index in [1.54, 1.807) is 11.8 Å². The molecule has 3 nitrogen and oxygen atoms in total. The number of hydrogen-bond acceptors (Lipinski definition) is 4. The summed E-state index contributed by atoms with van der Waals surface area (Å²) in [4.78, 5) is 0. The van der Waals surface area contributed by atoms with E-state index < -0.39 is 0 Å². The zero-order valence-electron chi connectivity index (χ0n) is 12.9. The molecule has 0 aliphatic heterocycles. The van der Waals surface area contributed by atoms with Crippen LogP contribution in [0.15, 0.2) is 24.3 Å². The highest BCUT2D eigenvalue weighted by atomic mass is 32.2. The summed E-state index contributed by atoms with van der Waals surface area (Å²) < 4.78 is 5.59. The molecule has 0 aliphatic rings. The van der Waals surface area contributed by atoms with Gasteiger partial charge in [0.1, 0.15) is 5.75 Å². The third kappa shape index (κ3) is 5.35. The Morgan fingerprint density at radius 2 is 1.90 bits per heavy atom. The summed E-state index contributed by atoms with van der Waals surface area (Å²) in [6.45, 7) is 7.33. The largest absolute Gasteiger partial charge is 0.494 e. The maximum atomic E-state index is 9.32. The second-order valence-corrected chi connectivity index (χ2v) is 6.13. The molecule has 0 aliphatic carbocycles. The second-order valence-electron chi connectivity index (χ2n) is 5.05. The third-order valence-electron chi connectivity index (χ3n) is 3.41. The molecule has 1 aromatic rings. The predicted octanol–water partition coefficient (Wildman–Crippen LogP) is 3.24. The van der Waals surface area contributed by atoms with E-state index in [2.05, 4.69) is 38.2 Å². The average Bonchev–Trinajstić information content (AvgIpc) is 2.46. The molecular weight excluding hydrogens is 270 g/mol. The van der Waals surface area contributed by atoms with Crippen molar-refractivity contribution in [1.29, 1.82) is 0 Å². The molecule has 2 N–H and O–H groups in total. The van der Waals surface area contributed by atoms with E-state index in [1.165, 1.54) is 5.56 Å².